The Kier molecular flexibility index (Phi) is 7.78. The minimum atomic E-state index is 0.540. The van der Waals surface area contributed by atoms with Gasteiger partial charge in [-0.25, -0.2) is 0 Å². The maximum atomic E-state index is 5.47. The summed E-state index contributed by atoms with van der Waals surface area (Å²) >= 11 is 0. The minimum absolute atomic E-state index is 0.540. The Morgan fingerprint density at radius 3 is 2.22 bits per heavy atom. The summed E-state index contributed by atoms with van der Waals surface area (Å²) in [5.74, 6) is 2.54. The van der Waals surface area contributed by atoms with Crippen molar-refractivity contribution in [3.8, 4) is 11.5 Å². The van der Waals surface area contributed by atoms with Gasteiger partial charge in [0, 0.05) is 45.3 Å². The van der Waals surface area contributed by atoms with Crippen molar-refractivity contribution in [2.75, 3.05) is 40.9 Å². The summed E-state index contributed by atoms with van der Waals surface area (Å²) in [6.45, 7) is 12.7. The van der Waals surface area contributed by atoms with E-state index in [2.05, 4.69) is 59.9 Å². The molecule has 1 aromatic rings. The van der Waals surface area contributed by atoms with Crippen LogP contribution in [0, 0.1) is 0 Å². The second-order valence-corrected chi connectivity index (χ2v) is 7.55. The molecule has 0 fully saturated rings. The van der Waals surface area contributed by atoms with Gasteiger partial charge in [0.05, 0.1) is 14.2 Å². The Morgan fingerprint density at radius 2 is 1.70 bits per heavy atom. The predicted molar refractivity (Wildman–Crippen MR) is 112 cm³/mol. The highest BCUT2D eigenvalue weighted by Gasteiger charge is 2.22. The van der Waals surface area contributed by atoms with Crippen LogP contribution in [0.3, 0.4) is 0 Å². The predicted octanol–water partition coefficient (Wildman–Crippen LogP) is 2.76. The van der Waals surface area contributed by atoms with Crippen LogP contribution in [0.4, 0.5) is 0 Å². The van der Waals surface area contributed by atoms with Crippen LogP contribution >= 0.6 is 0 Å². The van der Waals surface area contributed by atoms with Gasteiger partial charge in [-0.15, -0.1) is 0 Å². The van der Waals surface area contributed by atoms with Crippen molar-refractivity contribution in [1.29, 1.82) is 0 Å². The maximum Gasteiger partial charge on any atom is 0.194 e. The van der Waals surface area contributed by atoms with E-state index in [9.17, 15) is 0 Å². The van der Waals surface area contributed by atoms with Gasteiger partial charge in [-0.05, 0) is 57.4 Å². The van der Waals surface area contributed by atoms with Crippen LogP contribution in [-0.4, -0.2) is 68.7 Å². The summed E-state index contributed by atoms with van der Waals surface area (Å²) in [4.78, 5) is 9.30. The van der Waals surface area contributed by atoms with Gasteiger partial charge in [0.25, 0.3) is 0 Å². The quantitative estimate of drug-likeness (QED) is 0.586. The molecule has 0 aliphatic carbocycles. The molecular formula is C21H36N4O2. The number of rotatable bonds is 7. The molecule has 2 rings (SSSR count). The molecule has 27 heavy (non-hydrogen) atoms. The molecule has 1 heterocycles. The van der Waals surface area contributed by atoms with Crippen LogP contribution in [0.1, 0.15) is 38.8 Å². The second-order valence-electron chi connectivity index (χ2n) is 7.55. The summed E-state index contributed by atoms with van der Waals surface area (Å²) in [6, 6.07) is 5.27. The highest BCUT2D eigenvalue weighted by atomic mass is 16.5. The van der Waals surface area contributed by atoms with Crippen LogP contribution < -0.4 is 14.8 Å². The molecule has 0 atom stereocenters. The third kappa shape index (κ3) is 5.28. The molecule has 152 valence electrons. The molecule has 1 N–H and O–H groups in total. The van der Waals surface area contributed by atoms with Gasteiger partial charge in [0.2, 0.25) is 0 Å². The zero-order valence-corrected chi connectivity index (χ0v) is 18.0. The standard InChI is InChI=1S/C21H36N4O2/c1-15(2)25(16(3)4)11-9-23-21(22-5)24-10-8-17-12-19(26-6)20(27-7)13-18(17)14-24/h12-13,15-16H,8-11,14H2,1-7H3,(H,22,23). The SMILES string of the molecule is CN=C(NCCN(C(C)C)C(C)C)N1CCc2cc(OC)c(OC)cc2C1. The summed E-state index contributed by atoms with van der Waals surface area (Å²) in [6.07, 6.45) is 0.973. The lowest BCUT2D eigenvalue weighted by atomic mass is 9.99. The van der Waals surface area contributed by atoms with Crippen molar-refractivity contribution in [3.63, 3.8) is 0 Å². The number of methoxy groups -OCH3 is 2. The van der Waals surface area contributed by atoms with Gasteiger partial charge in [-0.3, -0.25) is 9.89 Å². The molecule has 0 spiro atoms. The van der Waals surface area contributed by atoms with E-state index in [0.717, 1.165) is 50.1 Å². The maximum absolute atomic E-state index is 5.47. The van der Waals surface area contributed by atoms with E-state index in [4.69, 9.17) is 9.47 Å². The van der Waals surface area contributed by atoms with Gasteiger partial charge in [0.15, 0.2) is 17.5 Å². The molecule has 0 aromatic heterocycles. The smallest absolute Gasteiger partial charge is 0.194 e. The molecule has 0 saturated heterocycles. The number of fused-ring (bicyclic) bond motifs is 1. The molecule has 1 aromatic carbocycles. The Hall–Kier alpha value is -1.95. The van der Waals surface area contributed by atoms with Crippen molar-refractivity contribution < 1.29 is 9.47 Å². The van der Waals surface area contributed by atoms with E-state index in [0.29, 0.717) is 12.1 Å². The first-order valence-corrected chi connectivity index (χ1v) is 9.86. The van der Waals surface area contributed by atoms with Gasteiger partial charge in [-0.1, -0.05) is 0 Å². The van der Waals surface area contributed by atoms with E-state index in [1.807, 2.05) is 7.05 Å². The molecule has 0 amide bonds. The van der Waals surface area contributed by atoms with Crippen LogP contribution in [0.25, 0.3) is 0 Å². The van der Waals surface area contributed by atoms with Crippen molar-refractivity contribution in [2.24, 2.45) is 4.99 Å². The highest BCUT2D eigenvalue weighted by molar-refractivity contribution is 5.80. The number of nitrogens with one attached hydrogen (secondary N) is 1. The van der Waals surface area contributed by atoms with Crippen molar-refractivity contribution >= 4 is 5.96 Å². The van der Waals surface area contributed by atoms with Gasteiger partial charge >= 0.3 is 0 Å². The van der Waals surface area contributed by atoms with E-state index < -0.39 is 0 Å². The van der Waals surface area contributed by atoms with Gasteiger partial charge in [-0.2, -0.15) is 0 Å². The molecule has 0 radical (unpaired) electrons. The fraction of sp³-hybridized carbons (Fsp3) is 0.667. The minimum Gasteiger partial charge on any atom is -0.493 e. The Balaban J connectivity index is 2.01. The number of hydrogen-bond donors (Lipinski definition) is 1. The zero-order valence-electron chi connectivity index (χ0n) is 18.0. The molecule has 1 aliphatic rings. The fourth-order valence-electron chi connectivity index (χ4n) is 3.81. The largest absolute Gasteiger partial charge is 0.493 e. The van der Waals surface area contributed by atoms with E-state index in [1.54, 1.807) is 14.2 Å². The highest BCUT2D eigenvalue weighted by Crippen LogP contribution is 2.33. The van der Waals surface area contributed by atoms with Crippen LogP contribution in [-0.2, 0) is 13.0 Å². The third-order valence-corrected chi connectivity index (χ3v) is 5.21. The normalized spacial score (nSPS) is 14.7. The molecule has 0 unspecified atom stereocenters. The molecule has 6 heteroatoms. The first-order chi connectivity index (χ1) is 12.9. The summed E-state index contributed by atoms with van der Waals surface area (Å²) < 4.78 is 10.9. The van der Waals surface area contributed by atoms with E-state index >= 15 is 0 Å². The van der Waals surface area contributed by atoms with Gasteiger partial charge < -0.3 is 19.7 Å². The Bertz CT molecular complexity index is 635. The van der Waals surface area contributed by atoms with Crippen LogP contribution in [0.5, 0.6) is 11.5 Å². The van der Waals surface area contributed by atoms with Crippen molar-refractivity contribution in [2.45, 2.75) is 52.7 Å². The fourth-order valence-corrected chi connectivity index (χ4v) is 3.81. The molecular weight excluding hydrogens is 340 g/mol. The van der Waals surface area contributed by atoms with Crippen LogP contribution in [0.15, 0.2) is 17.1 Å². The molecule has 6 nitrogen and oxygen atoms in total. The van der Waals surface area contributed by atoms with E-state index in [1.165, 1.54) is 11.1 Å². The monoisotopic (exact) mass is 376 g/mol. The number of benzene rings is 1. The Labute approximate surface area is 164 Å². The lowest BCUT2D eigenvalue weighted by Crippen LogP contribution is -2.47. The topological polar surface area (TPSA) is 49.3 Å². The molecule has 0 bridgehead atoms. The van der Waals surface area contributed by atoms with Crippen molar-refractivity contribution in [3.05, 3.63) is 23.3 Å². The number of ether oxygens (including phenoxy) is 2. The summed E-state index contributed by atoms with van der Waals surface area (Å²) in [7, 11) is 5.22. The summed E-state index contributed by atoms with van der Waals surface area (Å²) in [5.41, 5.74) is 2.60. The lowest BCUT2D eigenvalue weighted by molar-refractivity contribution is 0.177. The third-order valence-electron chi connectivity index (χ3n) is 5.21. The van der Waals surface area contributed by atoms with Crippen molar-refractivity contribution in [1.82, 2.24) is 15.1 Å². The summed E-state index contributed by atoms with van der Waals surface area (Å²) in [5, 5.41) is 3.54. The number of aliphatic imine (C=N–C) groups is 1. The molecule has 1 aliphatic heterocycles. The first-order valence-electron chi connectivity index (χ1n) is 9.86. The average Bonchev–Trinajstić information content (AvgIpc) is 2.65. The number of guanidine groups is 1. The Morgan fingerprint density at radius 1 is 1.11 bits per heavy atom. The number of hydrogen-bond acceptors (Lipinski definition) is 4. The first kappa shape index (κ1) is 21.4. The van der Waals surface area contributed by atoms with Crippen LogP contribution in [0.2, 0.25) is 0 Å². The lowest BCUT2D eigenvalue weighted by Gasteiger charge is -2.34. The zero-order chi connectivity index (χ0) is 20.0. The number of nitrogens with zero attached hydrogens (tertiary/aromatic N) is 3. The second kappa shape index (κ2) is 9.83. The van der Waals surface area contributed by atoms with Gasteiger partial charge in [0.1, 0.15) is 0 Å². The average molecular weight is 377 g/mol. The molecule has 0 saturated carbocycles. The van der Waals surface area contributed by atoms with E-state index in [-0.39, 0.29) is 0 Å².